The Morgan fingerprint density at radius 2 is 1.56 bits per heavy atom. The van der Waals surface area contributed by atoms with Crippen LogP contribution >= 0.6 is 0 Å². The van der Waals surface area contributed by atoms with Crippen LogP contribution in [-0.2, 0) is 19.1 Å². The molecule has 0 aliphatic carbocycles. The molecule has 1 aliphatic rings. The largest absolute Gasteiger partial charge is 0.479 e. The van der Waals surface area contributed by atoms with E-state index in [0.717, 1.165) is 38.5 Å². The van der Waals surface area contributed by atoms with E-state index in [2.05, 4.69) is 11.3 Å². The number of allylic oxidation sites excluding steroid dienone is 1. The normalized spacial score (nSPS) is 25.6. The van der Waals surface area contributed by atoms with E-state index >= 15 is 0 Å². The van der Waals surface area contributed by atoms with Gasteiger partial charge in [-0.1, -0.05) is 51.0 Å². The lowest BCUT2D eigenvalue weighted by molar-refractivity contribution is -0.179. The zero-order valence-corrected chi connectivity index (χ0v) is 14.5. The third-order valence-corrected chi connectivity index (χ3v) is 4.67. The number of ether oxygens (including phenoxy) is 1. The lowest BCUT2D eigenvalue weighted by Crippen LogP contribution is -2.54. The van der Waals surface area contributed by atoms with Crippen molar-refractivity contribution in [3.63, 3.8) is 0 Å². The molecule has 0 unspecified atom stereocenters. The van der Waals surface area contributed by atoms with Crippen molar-refractivity contribution < 1.29 is 34.4 Å². The van der Waals surface area contributed by atoms with Crippen LogP contribution in [0.1, 0.15) is 64.2 Å². The molecule has 142 valence electrons. The number of hydrogen-bond donors (Lipinski definition) is 3. The van der Waals surface area contributed by atoms with Gasteiger partial charge in [0.15, 0.2) is 0 Å². The first-order valence-corrected chi connectivity index (χ1v) is 8.85. The van der Waals surface area contributed by atoms with Crippen LogP contribution in [0.4, 0.5) is 0 Å². The second kappa shape index (κ2) is 10.2. The summed E-state index contributed by atoms with van der Waals surface area (Å²) in [4.78, 5) is 34.2. The van der Waals surface area contributed by atoms with Crippen molar-refractivity contribution in [2.75, 3.05) is 0 Å². The summed E-state index contributed by atoms with van der Waals surface area (Å²) < 4.78 is 4.58. The number of rotatable bonds is 13. The van der Waals surface area contributed by atoms with Gasteiger partial charge in [0.25, 0.3) is 0 Å². The molecule has 0 saturated carbocycles. The number of carbonyl (C=O) groups is 3. The molecule has 1 saturated heterocycles. The molecular weight excluding hydrogens is 328 g/mol. The molecule has 1 heterocycles. The van der Waals surface area contributed by atoms with Gasteiger partial charge in [0.05, 0.1) is 0 Å². The fraction of sp³-hybridized carbons (Fsp3) is 0.722. The van der Waals surface area contributed by atoms with E-state index in [4.69, 9.17) is 5.11 Å². The van der Waals surface area contributed by atoms with Crippen LogP contribution in [0.5, 0.6) is 0 Å². The Hall–Kier alpha value is -1.89. The number of carboxylic acids is 2. The summed E-state index contributed by atoms with van der Waals surface area (Å²) in [6, 6.07) is 0. The van der Waals surface area contributed by atoms with Crippen LogP contribution in [0.3, 0.4) is 0 Å². The summed E-state index contributed by atoms with van der Waals surface area (Å²) in [5, 5.41) is 28.4. The van der Waals surface area contributed by atoms with Gasteiger partial charge in [-0.05, 0) is 19.3 Å². The first-order valence-electron chi connectivity index (χ1n) is 8.85. The van der Waals surface area contributed by atoms with Gasteiger partial charge < -0.3 is 20.1 Å². The van der Waals surface area contributed by atoms with Crippen LogP contribution in [0.25, 0.3) is 0 Å². The fourth-order valence-corrected chi connectivity index (χ4v) is 3.19. The zero-order valence-electron chi connectivity index (χ0n) is 14.5. The lowest BCUT2D eigenvalue weighted by atomic mass is 9.82. The van der Waals surface area contributed by atoms with Crippen molar-refractivity contribution >= 4 is 17.9 Å². The molecule has 3 atom stereocenters. The minimum atomic E-state index is -2.70. The zero-order chi connectivity index (χ0) is 18.9. The molecule has 7 nitrogen and oxygen atoms in total. The number of cyclic esters (lactones) is 1. The van der Waals surface area contributed by atoms with E-state index in [9.17, 15) is 24.6 Å². The van der Waals surface area contributed by atoms with E-state index < -0.39 is 35.5 Å². The smallest absolute Gasteiger partial charge is 0.348 e. The van der Waals surface area contributed by atoms with Crippen molar-refractivity contribution in [1.29, 1.82) is 0 Å². The molecule has 1 aliphatic heterocycles. The molecule has 1 fully saturated rings. The number of aliphatic carboxylic acids is 2. The molecule has 1 rings (SSSR count). The summed E-state index contributed by atoms with van der Waals surface area (Å²) in [5.74, 6) is -5.70. The fourth-order valence-electron chi connectivity index (χ4n) is 3.19. The Morgan fingerprint density at radius 3 is 2.04 bits per heavy atom. The highest BCUT2D eigenvalue weighted by atomic mass is 16.6. The second-order valence-corrected chi connectivity index (χ2v) is 6.53. The molecule has 3 N–H and O–H groups in total. The number of carbonyl (C=O) groups excluding carboxylic acids is 1. The monoisotopic (exact) mass is 356 g/mol. The van der Waals surface area contributed by atoms with Gasteiger partial charge >= 0.3 is 17.9 Å². The highest BCUT2D eigenvalue weighted by Gasteiger charge is 2.64. The molecule has 0 amide bonds. The van der Waals surface area contributed by atoms with Crippen LogP contribution < -0.4 is 0 Å². The maximum atomic E-state index is 11.8. The van der Waals surface area contributed by atoms with Gasteiger partial charge in [0.2, 0.25) is 11.7 Å². The van der Waals surface area contributed by atoms with Gasteiger partial charge in [-0.15, -0.1) is 6.58 Å². The Labute approximate surface area is 147 Å². The van der Waals surface area contributed by atoms with Gasteiger partial charge in [-0.3, -0.25) is 4.79 Å². The van der Waals surface area contributed by atoms with Gasteiger partial charge in [-0.2, -0.15) is 0 Å². The summed E-state index contributed by atoms with van der Waals surface area (Å²) in [5.41, 5.74) is -2.70. The maximum absolute atomic E-state index is 11.8. The molecule has 0 aromatic carbocycles. The predicted molar refractivity (Wildman–Crippen MR) is 90.0 cm³/mol. The summed E-state index contributed by atoms with van der Waals surface area (Å²) >= 11 is 0. The summed E-state index contributed by atoms with van der Waals surface area (Å²) in [6.45, 7) is 3.68. The van der Waals surface area contributed by atoms with Crippen molar-refractivity contribution in [3.8, 4) is 0 Å². The van der Waals surface area contributed by atoms with Crippen LogP contribution in [0, 0.1) is 5.92 Å². The first kappa shape index (κ1) is 21.2. The van der Waals surface area contributed by atoms with Crippen molar-refractivity contribution in [2.45, 2.75) is 75.9 Å². The number of hydrogen-bond acceptors (Lipinski definition) is 5. The third-order valence-electron chi connectivity index (χ3n) is 4.67. The summed E-state index contributed by atoms with van der Waals surface area (Å²) in [7, 11) is 0. The minimum absolute atomic E-state index is 0.102. The Bertz CT molecular complexity index is 488. The second-order valence-electron chi connectivity index (χ2n) is 6.53. The number of carboxylic acid groups (broad SMARTS) is 2. The van der Waals surface area contributed by atoms with Crippen molar-refractivity contribution in [3.05, 3.63) is 12.7 Å². The van der Waals surface area contributed by atoms with E-state index in [1.165, 1.54) is 12.8 Å². The van der Waals surface area contributed by atoms with Crippen LogP contribution in [0.2, 0.25) is 0 Å². The van der Waals surface area contributed by atoms with Gasteiger partial charge in [0, 0.05) is 0 Å². The first-order chi connectivity index (χ1) is 11.9. The molecule has 0 radical (unpaired) electrons. The van der Waals surface area contributed by atoms with Crippen molar-refractivity contribution in [2.24, 2.45) is 5.92 Å². The number of unbranched alkanes of at least 4 members (excludes halogenated alkanes) is 8. The molecule has 25 heavy (non-hydrogen) atoms. The Balaban J connectivity index is 2.33. The van der Waals surface area contributed by atoms with Gasteiger partial charge in [-0.25, -0.2) is 9.59 Å². The Morgan fingerprint density at radius 1 is 1.04 bits per heavy atom. The van der Waals surface area contributed by atoms with Gasteiger partial charge in [0.1, 0.15) is 5.92 Å². The Kier molecular flexibility index (Phi) is 8.61. The van der Waals surface area contributed by atoms with E-state index in [1.807, 2.05) is 6.08 Å². The predicted octanol–water partition coefficient (Wildman–Crippen LogP) is 2.52. The van der Waals surface area contributed by atoms with E-state index in [-0.39, 0.29) is 6.42 Å². The van der Waals surface area contributed by atoms with Crippen LogP contribution in [-0.4, -0.2) is 44.9 Å². The highest BCUT2D eigenvalue weighted by molar-refractivity contribution is 5.97. The minimum Gasteiger partial charge on any atom is -0.479 e. The van der Waals surface area contributed by atoms with Crippen molar-refractivity contribution in [1.82, 2.24) is 0 Å². The average Bonchev–Trinajstić information content (AvgIpc) is 2.82. The molecule has 0 aromatic rings. The molecule has 0 spiro atoms. The summed E-state index contributed by atoms with van der Waals surface area (Å²) in [6.07, 6.45) is 8.99. The van der Waals surface area contributed by atoms with E-state index in [0.29, 0.717) is 6.42 Å². The van der Waals surface area contributed by atoms with Crippen LogP contribution in [0.15, 0.2) is 12.7 Å². The standard InChI is InChI=1S/C18H28O7/c1-2-3-4-5-6-7-8-9-10-11-12-13-16(21)25-14(15(19)20)18(13,24)17(22)23/h2,13-14,24H,1,3-12H2,(H,19,20)(H,22,23)/t13-,14-,18+/m0/s1. The molecule has 0 aromatic heterocycles. The molecule has 7 heteroatoms. The molecular formula is C18H28O7. The quantitative estimate of drug-likeness (QED) is 0.263. The molecule has 0 bridgehead atoms. The number of esters is 1. The van der Waals surface area contributed by atoms with E-state index in [1.54, 1.807) is 0 Å². The lowest BCUT2D eigenvalue weighted by Gasteiger charge is -2.24. The third kappa shape index (κ3) is 5.56. The number of aliphatic hydroxyl groups is 1. The highest BCUT2D eigenvalue weighted by Crippen LogP contribution is 2.37. The maximum Gasteiger partial charge on any atom is 0.348 e. The average molecular weight is 356 g/mol. The SMILES string of the molecule is C=CCCCCCCCCCC[C@H]1C(=O)O[C@@H](C(=O)O)[C@@]1(O)C(=O)O. The topological polar surface area (TPSA) is 121 Å².